The second-order valence-corrected chi connectivity index (χ2v) is 6.71. The fraction of sp³-hybridized carbons (Fsp3) is 0.647. The van der Waals surface area contributed by atoms with Gasteiger partial charge >= 0.3 is 6.18 Å². The number of carbonyl (C=O) groups excluding carboxylic acids is 1. The van der Waals surface area contributed by atoms with E-state index in [2.05, 4.69) is 25.3 Å². The van der Waals surface area contributed by atoms with E-state index in [1.54, 1.807) is 13.8 Å². The number of ether oxygens (including phenoxy) is 1. The van der Waals surface area contributed by atoms with Gasteiger partial charge in [0.15, 0.2) is 0 Å². The number of nitrogens with one attached hydrogen (secondary N) is 1. The molecule has 2 aromatic rings. The fourth-order valence-corrected chi connectivity index (χ4v) is 3.20. The largest absolute Gasteiger partial charge is 0.453 e. The van der Waals surface area contributed by atoms with Crippen molar-refractivity contribution in [2.75, 3.05) is 39.4 Å². The van der Waals surface area contributed by atoms with Gasteiger partial charge in [0.1, 0.15) is 0 Å². The highest BCUT2D eigenvalue weighted by Crippen LogP contribution is 2.27. The summed E-state index contributed by atoms with van der Waals surface area (Å²) in [5.41, 5.74) is 1.76. The Hall–Kier alpha value is -2.27. The fourth-order valence-electron chi connectivity index (χ4n) is 3.20. The summed E-state index contributed by atoms with van der Waals surface area (Å²) in [7, 11) is 0. The van der Waals surface area contributed by atoms with Crippen LogP contribution < -0.4 is 5.32 Å². The Morgan fingerprint density at radius 2 is 1.93 bits per heavy atom. The summed E-state index contributed by atoms with van der Waals surface area (Å²) < 4.78 is 44.9. The Labute approximate surface area is 160 Å². The normalized spacial score (nSPS) is 15.9. The average Bonchev–Trinajstić information content (AvgIpc) is 3.07. The highest BCUT2D eigenvalue weighted by molar-refractivity contribution is 5.76. The summed E-state index contributed by atoms with van der Waals surface area (Å²) in [5, 5.41) is 6.39. The highest BCUT2D eigenvalue weighted by Gasteiger charge is 2.36. The molecule has 0 aromatic carbocycles. The lowest BCUT2D eigenvalue weighted by atomic mass is 10.1. The molecule has 1 amide bonds. The van der Waals surface area contributed by atoms with Crippen LogP contribution in [0.3, 0.4) is 0 Å². The molecule has 3 rings (SSSR count). The van der Waals surface area contributed by atoms with Gasteiger partial charge in [-0.1, -0.05) is 0 Å². The van der Waals surface area contributed by atoms with Crippen LogP contribution in [0.25, 0.3) is 5.78 Å². The topological polar surface area (TPSA) is 84.6 Å². The van der Waals surface area contributed by atoms with E-state index in [9.17, 15) is 18.0 Å². The van der Waals surface area contributed by atoms with Crippen molar-refractivity contribution >= 4 is 11.7 Å². The second kappa shape index (κ2) is 8.39. The minimum atomic E-state index is -4.63. The molecule has 1 aliphatic rings. The molecular formula is C17H23F3N6O2. The van der Waals surface area contributed by atoms with Crippen LogP contribution in [0.1, 0.15) is 29.2 Å². The van der Waals surface area contributed by atoms with Gasteiger partial charge in [-0.2, -0.15) is 18.2 Å². The number of amides is 1. The lowest BCUT2D eigenvalue weighted by molar-refractivity contribution is -0.144. The Morgan fingerprint density at radius 3 is 2.61 bits per heavy atom. The number of aromatic nitrogens is 4. The van der Waals surface area contributed by atoms with E-state index in [1.165, 1.54) is 0 Å². The van der Waals surface area contributed by atoms with Crippen LogP contribution in [0.2, 0.25) is 0 Å². The SMILES string of the molecule is Cc1nc2nc(C(F)(F)F)nn2c(C)c1CCC(=O)NCCN1CCOCC1. The Balaban J connectivity index is 1.59. The summed E-state index contributed by atoms with van der Waals surface area (Å²) in [6.45, 7) is 7.80. The van der Waals surface area contributed by atoms with Gasteiger partial charge in [-0.25, -0.2) is 9.50 Å². The first-order valence-corrected chi connectivity index (χ1v) is 9.12. The molecule has 1 saturated heterocycles. The number of aryl methyl sites for hydroxylation is 2. The third kappa shape index (κ3) is 4.76. The summed E-state index contributed by atoms with van der Waals surface area (Å²) in [5.74, 6) is -1.43. The maximum atomic E-state index is 12.8. The zero-order chi connectivity index (χ0) is 20.3. The lowest BCUT2D eigenvalue weighted by Gasteiger charge is -2.26. The van der Waals surface area contributed by atoms with Crippen LogP contribution in [-0.4, -0.2) is 69.8 Å². The van der Waals surface area contributed by atoms with Gasteiger partial charge in [-0.05, 0) is 25.8 Å². The first-order valence-electron chi connectivity index (χ1n) is 9.12. The van der Waals surface area contributed by atoms with E-state index in [1.807, 2.05) is 0 Å². The number of hydrogen-bond acceptors (Lipinski definition) is 6. The number of alkyl halides is 3. The molecule has 0 unspecified atom stereocenters. The third-order valence-electron chi connectivity index (χ3n) is 4.76. The predicted octanol–water partition coefficient (Wildman–Crippen LogP) is 1.14. The molecule has 1 N–H and O–H groups in total. The van der Waals surface area contributed by atoms with E-state index < -0.39 is 12.0 Å². The smallest absolute Gasteiger partial charge is 0.379 e. The summed E-state index contributed by atoms with van der Waals surface area (Å²) >= 11 is 0. The molecule has 0 saturated carbocycles. The summed E-state index contributed by atoms with van der Waals surface area (Å²) in [6.07, 6.45) is -4.04. The highest BCUT2D eigenvalue weighted by atomic mass is 19.4. The molecule has 0 radical (unpaired) electrons. The van der Waals surface area contributed by atoms with Crippen LogP contribution >= 0.6 is 0 Å². The molecular weight excluding hydrogens is 377 g/mol. The van der Waals surface area contributed by atoms with Gasteiger partial charge in [-0.3, -0.25) is 9.69 Å². The van der Waals surface area contributed by atoms with Gasteiger partial charge in [0.05, 0.1) is 13.2 Å². The predicted molar refractivity (Wildman–Crippen MR) is 93.8 cm³/mol. The van der Waals surface area contributed by atoms with Crippen molar-refractivity contribution < 1.29 is 22.7 Å². The quantitative estimate of drug-likeness (QED) is 0.783. The van der Waals surface area contributed by atoms with Crippen LogP contribution in [-0.2, 0) is 22.1 Å². The number of fused-ring (bicyclic) bond motifs is 1. The van der Waals surface area contributed by atoms with Gasteiger partial charge in [0.2, 0.25) is 5.91 Å². The molecule has 0 spiro atoms. The van der Waals surface area contributed by atoms with Gasteiger partial charge < -0.3 is 10.1 Å². The first kappa shape index (κ1) is 20.5. The summed E-state index contributed by atoms with van der Waals surface area (Å²) in [6, 6.07) is 0. The maximum Gasteiger partial charge on any atom is 0.453 e. The number of rotatable bonds is 6. The van der Waals surface area contributed by atoms with E-state index in [0.717, 1.165) is 24.1 Å². The van der Waals surface area contributed by atoms with E-state index >= 15 is 0 Å². The molecule has 1 aliphatic heterocycles. The van der Waals surface area contributed by atoms with Crippen molar-refractivity contribution in [1.29, 1.82) is 0 Å². The van der Waals surface area contributed by atoms with E-state index in [0.29, 0.717) is 43.1 Å². The zero-order valence-corrected chi connectivity index (χ0v) is 15.8. The molecule has 1 fully saturated rings. The van der Waals surface area contributed by atoms with Crippen molar-refractivity contribution in [1.82, 2.24) is 29.8 Å². The van der Waals surface area contributed by atoms with Crippen molar-refractivity contribution in [2.45, 2.75) is 32.9 Å². The number of morpholine rings is 1. The van der Waals surface area contributed by atoms with Crippen molar-refractivity contribution in [3.05, 3.63) is 22.8 Å². The van der Waals surface area contributed by atoms with Gasteiger partial charge in [0, 0.05) is 44.0 Å². The van der Waals surface area contributed by atoms with E-state index in [-0.39, 0.29) is 18.1 Å². The molecule has 28 heavy (non-hydrogen) atoms. The second-order valence-electron chi connectivity index (χ2n) is 6.71. The molecule has 154 valence electrons. The van der Waals surface area contributed by atoms with Crippen LogP contribution in [0.15, 0.2) is 0 Å². The number of carbonyl (C=O) groups is 1. The maximum absolute atomic E-state index is 12.8. The molecule has 0 aliphatic carbocycles. The van der Waals surface area contributed by atoms with Gasteiger partial charge in [0.25, 0.3) is 11.6 Å². The van der Waals surface area contributed by atoms with Crippen LogP contribution in [0.4, 0.5) is 13.2 Å². The Bertz CT molecular complexity index is 846. The van der Waals surface area contributed by atoms with E-state index in [4.69, 9.17) is 4.74 Å². The number of hydrogen-bond donors (Lipinski definition) is 1. The molecule has 8 nitrogen and oxygen atoms in total. The average molecular weight is 400 g/mol. The number of halogens is 3. The molecule has 11 heteroatoms. The molecule has 0 atom stereocenters. The molecule has 2 aromatic heterocycles. The van der Waals surface area contributed by atoms with Gasteiger partial charge in [-0.15, -0.1) is 5.10 Å². The lowest BCUT2D eigenvalue weighted by Crippen LogP contribution is -2.41. The van der Waals surface area contributed by atoms with Crippen molar-refractivity contribution in [3.63, 3.8) is 0 Å². The minimum Gasteiger partial charge on any atom is -0.379 e. The standard InChI is InChI=1S/C17H23F3N6O2/c1-11-13(3-4-14(27)21-5-6-25-7-9-28-10-8-25)12(2)26-16(22-11)23-15(24-26)17(18,19)20/h3-10H2,1-2H3,(H,21,27). The monoisotopic (exact) mass is 400 g/mol. The molecule has 0 bridgehead atoms. The van der Waals surface area contributed by atoms with Crippen LogP contribution in [0.5, 0.6) is 0 Å². The Kier molecular flexibility index (Phi) is 6.14. The summed E-state index contributed by atoms with van der Waals surface area (Å²) in [4.78, 5) is 21.9. The molecule has 3 heterocycles. The Morgan fingerprint density at radius 1 is 1.21 bits per heavy atom. The van der Waals surface area contributed by atoms with Crippen molar-refractivity contribution in [3.8, 4) is 0 Å². The third-order valence-corrected chi connectivity index (χ3v) is 4.76. The number of nitrogens with zero attached hydrogens (tertiary/aromatic N) is 5. The van der Waals surface area contributed by atoms with Crippen molar-refractivity contribution in [2.24, 2.45) is 0 Å². The first-order chi connectivity index (χ1) is 13.3. The van der Waals surface area contributed by atoms with Crippen LogP contribution in [0, 0.1) is 13.8 Å². The zero-order valence-electron chi connectivity index (χ0n) is 15.8. The minimum absolute atomic E-state index is 0.0963.